The lowest BCUT2D eigenvalue weighted by Gasteiger charge is -2.25. The van der Waals surface area contributed by atoms with E-state index in [1.54, 1.807) is 6.07 Å². The molecule has 122 valence electrons. The average molecular weight is 325 g/mol. The van der Waals surface area contributed by atoms with E-state index < -0.39 is 23.1 Å². The van der Waals surface area contributed by atoms with Gasteiger partial charge in [-0.05, 0) is 31.0 Å². The smallest absolute Gasteiger partial charge is 0.352 e. The van der Waals surface area contributed by atoms with Crippen LogP contribution in [0.1, 0.15) is 18.9 Å². The van der Waals surface area contributed by atoms with Gasteiger partial charge < -0.3 is 10.1 Å². The first-order valence-electron chi connectivity index (χ1n) is 7.08. The molecule has 3 rings (SSSR count). The minimum absolute atomic E-state index is 0.0352. The molecular weight excluding hydrogens is 311 g/mol. The lowest BCUT2D eigenvalue weighted by molar-refractivity contribution is 0.288. The number of rotatable bonds is 3. The van der Waals surface area contributed by atoms with Crippen molar-refractivity contribution >= 4 is 5.82 Å². The zero-order valence-electron chi connectivity index (χ0n) is 12.3. The Balaban J connectivity index is 1.80. The van der Waals surface area contributed by atoms with Crippen LogP contribution in [0.4, 0.5) is 19.0 Å². The van der Waals surface area contributed by atoms with Crippen molar-refractivity contribution < 1.29 is 17.9 Å². The van der Waals surface area contributed by atoms with Gasteiger partial charge in [0.25, 0.3) is 0 Å². The normalized spacial score (nSPS) is 16.6. The van der Waals surface area contributed by atoms with Crippen molar-refractivity contribution in [2.75, 3.05) is 5.32 Å². The van der Waals surface area contributed by atoms with Crippen molar-refractivity contribution in [1.29, 1.82) is 0 Å². The summed E-state index contributed by atoms with van der Waals surface area (Å²) in [6.07, 6.45) is 0.808. The summed E-state index contributed by atoms with van der Waals surface area (Å²) in [6.45, 7) is 2.31. The Morgan fingerprint density at radius 3 is 2.70 bits per heavy atom. The second-order valence-corrected chi connectivity index (χ2v) is 5.41. The Hall–Kier alpha value is -2.51. The standard InChI is InChI=1S/C15H14F3N3O2/c1-8-2-3-21-12(19-8)6-13(20-15(21)22)23-7-9-4-10(16)14(18)11(17)5-9/h4-6,8,19H,2-3,7H2,1H3/t8-/m0/s1. The van der Waals surface area contributed by atoms with Gasteiger partial charge in [0.2, 0.25) is 5.88 Å². The summed E-state index contributed by atoms with van der Waals surface area (Å²) in [5.41, 5.74) is -0.365. The van der Waals surface area contributed by atoms with Gasteiger partial charge in [-0.25, -0.2) is 18.0 Å². The summed E-state index contributed by atoms with van der Waals surface area (Å²) in [6, 6.07) is 3.44. The predicted octanol–water partition coefficient (Wildman–Crippen LogP) is 2.44. The first kappa shape index (κ1) is 15.4. The topological polar surface area (TPSA) is 56.2 Å². The third-order valence-corrected chi connectivity index (χ3v) is 3.60. The first-order chi connectivity index (χ1) is 10.9. The van der Waals surface area contributed by atoms with Crippen LogP contribution in [0.2, 0.25) is 0 Å². The molecule has 0 fully saturated rings. The quantitative estimate of drug-likeness (QED) is 0.881. The third kappa shape index (κ3) is 3.15. The first-order valence-corrected chi connectivity index (χ1v) is 7.08. The lowest BCUT2D eigenvalue weighted by atomic mass is 10.2. The molecule has 2 heterocycles. The Bertz CT molecular complexity index is 784. The molecule has 1 aliphatic rings. The molecule has 23 heavy (non-hydrogen) atoms. The van der Waals surface area contributed by atoms with Crippen molar-refractivity contribution in [2.24, 2.45) is 0 Å². The summed E-state index contributed by atoms with van der Waals surface area (Å²) in [5.74, 6) is -3.50. The van der Waals surface area contributed by atoms with E-state index in [2.05, 4.69) is 10.3 Å². The van der Waals surface area contributed by atoms with Gasteiger partial charge in [0, 0.05) is 18.7 Å². The molecule has 5 nitrogen and oxygen atoms in total. The minimum atomic E-state index is -1.53. The van der Waals surface area contributed by atoms with Crippen LogP contribution in [-0.4, -0.2) is 15.6 Å². The molecule has 0 amide bonds. The van der Waals surface area contributed by atoms with Crippen LogP contribution in [0, 0.1) is 17.5 Å². The molecule has 0 aliphatic carbocycles. The van der Waals surface area contributed by atoms with Gasteiger partial charge in [-0.1, -0.05) is 0 Å². The Labute approximate surface area is 129 Å². The van der Waals surface area contributed by atoms with E-state index in [4.69, 9.17) is 4.74 Å². The molecule has 1 aromatic heterocycles. The molecule has 0 spiro atoms. The summed E-state index contributed by atoms with van der Waals surface area (Å²) < 4.78 is 46.0. The molecule has 1 N–H and O–H groups in total. The maximum atomic E-state index is 13.1. The highest BCUT2D eigenvalue weighted by atomic mass is 19.2. The zero-order chi connectivity index (χ0) is 16.6. The van der Waals surface area contributed by atoms with Crippen molar-refractivity contribution in [1.82, 2.24) is 9.55 Å². The van der Waals surface area contributed by atoms with Crippen molar-refractivity contribution in [3.05, 3.63) is 51.7 Å². The molecule has 0 radical (unpaired) electrons. The number of aromatic nitrogens is 2. The van der Waals surface area contributed by atoms with Crippen LogP contribution in [-0.2, 0) is 13.2 Å². The van der Waals surface area contributed by atoms with Crippen molar-refractivity contribution in [2.45, 2.75) is 32.5 Å². The summed E-state index contributed by atoms with van der Waals surface area (Å²) in [7, 11) is 0. The third-order valence-electron chi connectivity index (χ3n) is 3.60. The lowest BCUT2D eigenvalue weighted by Crippen LogP contribution is -2.34. The van der Waals surface area contributed by atoms with Crippen molar-refractivity contribution in [3.8, 4) is 5.88 Å². The molecule has 0 unspecified atom stereocenters. The van der Waals surface area contributed by atoms with E-state index in [0.717, 1.165) is 18.6 Å². The highest BCUT2D eigenvalue weighted by Crippen LogP contribution is 2.20. The van der Waals surface area contributed by atoms with Crippen LogP contribution < -0.4 is 15.7 Å². The predicted molar refractivity (Wildman–Crippen MR) is 76.8 cm³/mol. The number of ether oxygens (including phenoxy) is 1. The van der Waals surface area contributed by atoms with E-state index in [-0.39, 0.29) is 24.1 Å². The summed E-state index contributed by atoms with van der Waals surface area (Å²) in [4.78, 5) is 15.7. The molecule has 0 saturated carbocycles. The highest BCUT2D eigenvalue weighted by molar-refractivity contribution is 5.41. The van der Waals surface area contributed by atoms with Crippen LogP contribution in [0.5, 0.6) is 5.88 Å². The molecule has 0 bridgehead atoms. The van der Waals surface area contributed by atoms with Crippen LogP contribution in [0.15, 0.2) is 23.0 Å². The van der Waals surface area contributed by atoms with Gasteiger partial charge >= 0.3 is 5.69 Å². The Morgan fingerprint density at radius 1 is 1.30 bits per heavy atom. The van der Waals surface area contributed by atoms with Gasteiger partial charge in [0.15, 0.2) is 17.5 Å². The summed E-state index contributed by atoms with van der Waals surface area (Å²) in [5, 5.41) is 3.14. The largest absolute Gasteiger partial charge is 0.473 e. The molecule has 2 aromatic rings. The van der Waals surface area contributed by atoms with Gasteiger partial charge in [-0.3, -0.25) is 4.57 Å². The maximum Gasteiger partial charge on any atom is 0.352 e. The van der Waals surface area contributed by atoms with Gasteiger partial charge in [-0.15, -0.1) is 0 Å². The molecule has 1 atom stereocenters. The SMILES string of the molecule is C[C@H]1CCn2c(cc(OCc3cc(F)c(F)c(F)c3)nc2=O)N1. The fourth-order valence-electron chi connectivity index (χ4n) is 2.39. The number of benzene rings is 1. The Morgan fingerprint density at radius 2 is 2.00 bits per heavy atom. The van der Waals surface area contributed by atoms with Crippen LogP contribution >= 0.6 is 0 Å². The van der Waals surface area contributed by atoms with Gasteiger partial charge in [0.1, 0.15) is 12.4 Å². The fraction of sp³-hybridized carbons (Fsp3) is 0.333. The van der Waals surface area contributed by atoms with Gasteiger partial charge in [0.05, 0.1) is 0 Å². The molecule has 8 heteroatoms. The molecular formula is C15H14F3N3O2. The average Bonchev–Trinajstić information content (AvgIpc) is 2.50. The number of nitrogens with zero attached hydrogens (tertiary/aromatic N) is 2. The highest BCUT2D eigenvalue weighted by Gasteiger charge is 2.17. The number of fused-ring (bicyclic) bond motifs is 1. The number of anilines is 1. The number of nitrogens with one attached hydrogen (secondary N) is 1. The summed E-state index contributed by atoms with van der Waals surface area (Å²) >= 11 is 0. The maximum absolute atomic E-state index is 13.1. The van der Waals surface area contributed by atoms with Crippen LogP contribution in [0.3, 0.4) is 0 Å². The number of hydrogen-bond acceptors (Lipinski definition) is 4. The Kier molecular flexibility index (Phi) is 3.97. The zero-order valence-corrected chi connectivity index (χ0v) is 12.3. The van der Waals surface area contributed by atoms with Crippen LogP contribution in [0.25, 0.3) is 0 Å². The second-order valence-electron chi connectivity index (χ2n) is 5.41. The fourth-order valence-corrected chi connectivity index (χ4v) is 2.39. The monoisotopic (exact) mass is 325 g/mol. The number of hydrogen-bond donors (Lipinski definition) is 1. The molecule has 1 aromatic carbocycles. The van der Waals surface area contributed by atoms with E-state index >= 15 is 0 Å². The van der Waals surface area contributed by atoms with E-state index in [1.807, 2.05) is 6.92 Å². The minimum Gasteiger partial charge on any atom is -0.473 e. The van der Waals surface area contributed by atoms with Gasteiger partial charge in [-0.2, -0.15) is 4.98 Å². The van der Waals surface area contributed by atoms with E-state index in [0.29, 0.717) is 12.4 Å². The van der Waals surface area contributed by atoms with Crippen molar-refractivity contribution in [3.63, 3.8) is 0 Å². The second kappa shape index (κ2) is 5.94. The molecule has 1 aliphatic heterocycles. The van der Waals surface area contributed by atoms with E-state index in [9.17, 15) is 18.0 Å². The molecule has 0 saturated heterocycles. The number of halogens is 3. The van der Waals surface area contributed by atoms with E-state index in [1.165, 1.54) is 4.57 Å².